The number of hydrogen-bond donors (Lipinski definition) is 1. The molecule has 2 rings (SSSR count). The number of aromatic nitrogens is 2. The Kier molecular flexibility index (Phi) is 3.37. The van der Waals surface area contributed by atoms with Gasteiger partial charge in [0.25, 0.3) is 0 Å². The van der Waals surface area contributed by atoms with Crippen molar-refractivity contribution in [2.45, 2.75) is 13.8 Å². The summed E-state index contributed by atoms with van der Waals surface area (Å²) in [5.41, 5.74) is 1.60. The average Bonchev–Trinajstić information content (AvgIpc) is 2.36. The summed E-state index contributed by atoms with van der Waals surface area (Å²) in [6.45, 7) is 3.63. The summed E-state index contributed by atoms with van der Waals surface area (Å²) in [5, 5.41) is 9.06. The number of rotatable bonds is 3. The summed E-state index contributed by atoms with van der Waals surface area (Å²) in [7, 11) is 0. The summed E-state index contributed by atoms with van der Waals surface area (Å²) in [5.74, 6) is -1.66. The van der Waals surface area contributed by atoms with Gasteiger partial charge in [-0.15, -0.1) is 0 Å². The molecule has 1 N–H and O–H groups in total. The van der Waals surface area contributed by atoms with E-state index in [0.29, 0.717) is 5.69 Å². The molecule has 19 heavy (non-hydrogen) atoms. The summed E-state index contributed by atoms with van der Waals surface area (Å²) in [4.78, 5) is 31.4. The highest BCUT2D eigenvalue weighted by atomic mass is 16.4. The molecule has 0 spiro atoms. The first-order valence-electron chi connectivity index (χ1n) is 5.67. The number of carbonyl (C=O) groups excluding carboxylic acids is 1. The quantitative estimate of drug-likeness (QED) is 0.850. The lowest BCUT2D eigenvalue weighted by Crippen LogP contribution is -2.13. The standard InChI is InChI=1S/C14H12N2O3/c1-8-6-9(2)16-11(7-8)13(17)12-10(14(18)19)4-3-5-15-12/h3-7H,1-2H3,(H,18,19). The Labute approximate surface area is 110 Å². The largest absolute Gasteiger partial charge is 0.478 e. The van der Waals surface area contributed by atoms with Gasteiger partial charge in [-0.05, 0) is 43.7 Å². The second-order valence-corrected chi connectivity index (χ2v) is 4.20. The number of pyridine rings is 2. The second-order valence-electron chi connectivity index (χ2n) is 4.20. The molecule has 5 nitrogen and oxygen atoms in total. The van der Waals surface area contributed by atoms with E-state index < -0.39 is 11.8 Å². The fourth-order valence-corrected chi connectivity index (χ4v) is 1.84. The second kappa shape index (κ2) is 4.97. The number of ketones is 1. The summed E-state index contributed by atoms with van der Waals surface area (Å²) in [6, 6.07) is 6.29. The van der Waals surface area contributed by atoms with Gasteiger partial charge >= 0.3 is 5.97 Å². The summed E-state index contributed by atoms with van der Waals surface area (Å²) in [6.07, 6.45) is 1.39. The minimum atomic E-state index is -1.18. The zero-order valence-electron chi connectivity index (χ0n) is 10.5. The van der Waals surface area contributed by atoms with E-state index in [-0.39, 0.29) is 17.0 Å². The van der Waals surface area contributed by atoms with E-state index in [0.717, 1.165) is 5.56 Å². The van der Waals surface area contributed by atoms with Crippen LogP contribution in [-0.2, 0) is 0 Å². The molecule has 0 fully saturated rings. The fourth-order valence-electron chi connectivity index (χ4n) is 1.84. The van der Waals surface area contributed by atoms with Crippen LogP contribution in [0.3, 0.4) is 0 Å². The van der Waals surface area contributed by atoms with Crippen molar-refractivity contribution in [3.05, 3.63) is 58.7 Å². The first kappa shape index (κ1) is 12.9. The molecular weight excluding hydrogens is 244 g/mol. The van der Waals surface area contributed by atoms with Gasteiger partial charge in [-0.3, -0.25) is 9.78 Å². The van der Waals surface area contributed by atoms with Gasteiger partial charge < -0.3 is 5.11 Å². The summed E-state index contributed by atoms with van der Waals surface area (Å²) >= 11 is 0. The van der Waals surface area contributed by atoms with Crippen LogP contribution in [0.15, 0.2) is 30.5 Å². The fraction of sp³-hybridized carbons (Fsp3) is 0.143. The number of carbonyl (C=O) groups is 2. The third-order valence-corrected chi connectivity index (χ3v) is 2.58. The van der Waals surface area contributed by atoms with Crippen molar-refractivity contribution in [2.24, 2.45) is 0 Å². The molecule has 0 aliphatic carbocycles. The van der Waals surface area contributed by atoms with Gasteiger partial charge in [0, 0.05) is 11.9 Å². The van der Waals surface area contributed by atoms with E-state index in [4.69, 9.17) is 5.11 Å². The molecule has 2 aromatic rings. The van der Waals surface area contributed by atoms with Crippen LogP contribution in [0.4, 0.5) is 0 Å². The number of carboxylic acid groups (broad SMARTS) is 1. The third kappa shape index (κ3) is 2.65. The smallest absolute Gasteiger partial charge is 0.338 e. The monoisotopic (exact) mass is 256 g/mol. The lowest BCUT2D eigenvalue weighted by molar-refractivity contribution is 0.0692. The van der Waals surface area contributed by atoms with E-state index in [9.17, 15) is 9.59 Å². The number of nitrogens with zero attached hydrogens (tertiary/aromatic N) is 2. The third-order valence-electron chi connectivity index (χ3n) is 2.58. The van der Waals surface area contributed by atoms with Crippen molar-refractivity contribution in [3.8, 4) is 0 Å². The van der Waals surface area contributed by atoms with Crippen molar-refractivity contribution in [1.29, 1.82) is 0 Å². The first-order chi connectivity index (χ1) is 8.99. The lowest BCUT2D eigenvalue weighted by Gasteiger charge is -2.05. The Morgan fingerprint density at radius 1 is 1.21 bits per heavy atom. The maximum atomic E-state index is 12.3. The van der Waals surface area contributed by atoms with Crippen LogP contribution in [-0.4, -0.2) is 26.8 Å². The van der Waals surface area contributed by atoms with Crippen molar-refractivity contribution < 1.29 is 14.7 Å². The minimum Gasteiger partial charge on any atom is -0.478 e. The maximum Gasteiger partial charge on any atom is 0.338 e. The van der Waals surface area contributed by atoms with Gasteiger partial charge in [-0.25, -0.2) is 9.78 Å². The molecule has 0 amide bonds. The minimum absolute atomic E-state index is 0.0903. The molecule has 0 atom stereocenters. The number of aryl methyl sites for hydroxylation is 2. The zero-order chi connectivity index (χ0) is 14.0. The topological polar surface area (TPSA) is 80.2 Å². The molecule has 5 heteroatoms. The summed E-state index contributed by atoms with van der Waals surface area (Å²) < 4.78 is 0. The predicted octanol–water partition coefficient (Wildman–Crippen LogP) is 2.02. The molecule has 0 aromatic carbocycles. The number of aromatic carboxylic acids is 1. The van der Waals surface area contributed by atoms with Crippen molar-refractivity contribution in [2.75, 3.05) is 0 Å². The Hall–Kier alpha value is -2.56. The van der Waals surface area contributed by atoms with Crippen LogP contribution >= 0.6 is 0 Å². The average molecular weight is 256 g/mol. The number of hydrogen-bond acceptors (Lipinski definition) is 4. The SMILES string of the molecule is Cc1cc(C)nc(C(=O)c2ncccc2C(=O)O)c1. The van der Waals surface area contributed by atoms with Gasteiger partial charge in [-0.2, -0.15) is 0 Å². The molecule has 2 aromatic heterocycles. The van der Waals surface area contributed by atoms with Crippen LogP contribution in [0.2, 0.25) is 0 Å². The molecule has 0 aliphatic heterocycles. The first-order valence-corrected chi connectivity index (χ1v) is 5.67. The molecule has 0 unspecified atom stereocenters. The normalized spacial score (nSPS) is 10.2. The molecule has 2 heterocycles. The lowest BCUT2D eigenvalue weighted by atomic mass is 10.1. The van der Waals surface area contributed by atoms with Crippen LogP contribution in [0.1, 0.15) is 37.8 Å². The van der Waals surface area contributed by atoms with E-state index >= 15 is 0 Å². The Morgan fingerprint density at radius 3 is 2.58 bits per heavy atom. The molecular formula is C14H12N2O3. The molecule has 96 valence electrons. The van der Waals surface area contributed by atoms with E-state index in [1.165, 1.54) is 18.3 Å². The van der Waals surface area contributed by atoms with Crippen molar-refractivity contribution >= 4 is 11.8 Å². The molecule has 0 radical (unpaired) electrons. The van der Waals surface area contributed by atoms with Gasteiger partial charge in [0.2, 0.25) is 5.78 Å². The molecule has 0 aliphatic rings. The highest BCUT2D eigenvalue weighted by Crippen LogP contribution is 2.13. The van der Waals surface area contributed by atoms with Gasteiger partial charge in [-0.1, -0.05) is 0 Å². The van der Waals surface area contributed by atoms with Gasteiger partial charge in [0.05, 0.1) is 5.56 Å². The van der Waals surface area contributed by atoms with Crippen LogP contribution in [0.5, 0.6) is 0 Å². The maximum absolute atomic E-state index is 12.3. The highest BCUT2D eigenvalue weighted by molar-refractivity contribution is 6.12. The van der Waals surface area contributed by atoms with Gasteiger partial charge in [0.1, 0.15) is 11.4 Å². The van der Waals surface area contributed by atoms with Crippen LogP contribution in [0.25, 0.3) is 0 Å². The van der Waals surface area contributed by atoms with Crippen LogP contribution < -0.4 is 0 Å². The number of carboxylic acids is 1. The predicted molar refractivity (Wildman–Crippen MR) is 68.3 cm³/mol. The highest BCUT2D eigenvalue weighted by Gasteiger charge is 2.20. The van der Waals surface area contributed by atoms with E-state index in [2.05, 4.69) is 9.97 Å². The Balaban J connectivity index is 2.53. The molecule has 0 saturated heterocycles. The molecule has 0 bridgehead atoms. The van der Waals surface area contributed by atoms with Crippen LogP contribution in [0, 0.1) is 13.8 Å². The van der Waals surface area contributed by atoms with Crippen molar-refractivity contribution in [3.63, 3.8) is 0 Å². The van der Waals surface area contributed by atoms with E-state index in [1.54, 1.807) is 13.0 Å². The van der Waals surface area contributed by atoms with Gasteiger partial charge in [0.15, 0.2) is 0 Å². The van der Waals surface area contributed by atoms with E-state index in [1.807, 2.05) is 13.0 Å². The zero-order valence-corrected chi connectivity index (χ0v) is 10.5. The Bertz CT molecular complexity index is 645. The Morgan fingerprint density at radius 2 is 1.95 bits per heavy atom. The van der Waals surface area contributed by atoms with Crippen molar-refractivity contribution in [1.82, 2.24) is 9.97 Å². The molecule has 0 saturated carbocycles.